The lowest BCUT2D eigenvalue weighted by atomic mass is 10.2. The summed E-state index contributed by atoms with van der Waals surface area (Å²) in [7, 11) is 0. The molecule has 4 rings (SSSR count). The first-order valence-electron chi connectivity index (χ1n) is 7.82. The predicted molar refractivity (Wildman–Crippen MR) is 99.5 cm³/mol. The minimum Gasteiger partial charge on any atom is -0.279 e. The van der Waals surface area contributed by atoms with Crippen molar-refractivity contribution in [3.05, 3.63) is 87.4 Å². The van der Waals surface area contributed by atoms with Crippen LogP contribution < -0.4 is 5.56 Å². The molecule has 4 aromatic rings. The van der Waals surface area contributed by atoms with E-state index in [1.165, 1.54) is 28.6 Å². The fraction of sp³-hybridized carbons (Fsp3) is 0.0556. The molecule has 0 radical (unpaired) electrons. The monoisotopic (exact) mass is 404 g/mol. The maximum atomic E-state index is 13.5. The number of rotatable bonds is 4. The summed E-state index contributed by atoms with van der Waals surface area (Å²) >= 11 is 7.54. The van der Waals surface area contributed by atoms with E-state index >= 15 is 0 Å². The number of benzene rings is 2. The molecule has 0 saturated carbocycles. The van der Waals surface area contributed by atoms with E-state index in [0.717, 1.165) is 17.7 Å². The van der Waals surface area contributed by atoms with Gasteiger partial charge in [-0.15, -0.1) is 10.2 Å². The lowest BCUT2D eigenvalue weighted by molar-refractivity contribution is 0.508. The molecule has 0 unspecified atom stereocenters. The van der Waals surface area contributed by atoms with Gasteiger partial charge in [-0.05, 0) is 23.8 Å². The Kier molecular flexibility index (Phi) is 4.67. The van der Waals surface area contributed by atoms with Crippen molar-refractivity contribution in [1.82, 2.24) is 19.2 Å². The molecule has 0 aliphatic rings. The molecule has 0 N–H and O–H groups in total. The van der Waals surface area contributed by atoms with E-state index in [9.17, 15) is 13.6 Å². The first kappa shape index (κ1) is 17.7. The van der Waals surface area contributed by atoms with Crippen molar-refractivity contribution in [2.45, 2.75) is 10.9 Å². The minimum atomic E-state index is -1.03. The van der Waals surface area contributed by atoms with Crippen LogP contribution in [0.25, 0.3) is 11.3 Å². The molecular weight excluding hydrogens is 394 g/mol. The van der Waals surface area contributed by atoms with Crippen LogP contribution in [0.15, 0.2) is 64.8 Å². The third-order valence-electron chi connectivity index (χ3n) is 3.94. The molecule has 2 heterocycles. The molecule has 0 aliphatic carbocycles. The quantitative estimate of drug-likeness (QED) is 0.480. The van der Waals surface area contributed by atoms with Gasteiger partial charge in [0.2, 0.25) is 5.65 Å². The number of hydrogen-bond acceptors (Lipinski definition) is 4. The van der Waals surface area contributed by atoms with Crippen LogP contribution in [0, 0.1) is 11.6 Å². The fourth-order valence-corrected chi connectivity index (χ4v) is 3.76. The second kappa shape index (κ2) is 7.13. The molecule has 2 aromatic carbocycles. The summed E-state index contributed by atoms with van der Waals surface area (Å²) in [5, 5.41) is 9.17. The van der Waals surface area contributed by atoms with Crippen molar-refractivity contribution >= 4 is 29.0 Å². The SMILES string of the molecule is O=c1c2nnc(SCc3ccccc3Cl)n2ccn1-c1ccc(F)c(F)c1. The Hall–Kier alpha value is -2.71. The zero-order chi connectivity index (χ0) is 19.0. The van der Waals surface area contributed by atoms with Crippen molar-refractivity contribution in [1.29, 1.82) is 0 Å². The Morgan fingerprint density at radius 2 is 1.85 bits per heavy atom. The Balaban J connectivity index is 1.68. The molecular formula is C18H11ClF2N4OS. The summed E-state index contributed by atoms with van der Waals surface area (Å²) in [5.74, 6) is -1.45. The zero-order valence-electron chi connectivity index (χ0n) is 13.6. The van der Waals surface area contributed by atoms with Crippen molar-refractivity contribution in [3.63, 3.8) is 0 Å². The summed E-state index contributed by atoms with van der Waals surface area (Å²) in [5.41, 5.74) is 0.746. The van der Waals surface area contributed by atoms with Crippen LogP contribution in [0.2, 0.25) is 5.02 Å². The molecule has 27 heavy (non-hydrogen) atoms. The fourth-order valence-electron chi connectivity index (χ4n) is 2.56. The lowest BCUT2D eigenvalue weighted by Crippen LogP contribution is -2.20. The van der Waals surface area contributed by atoms with Gasteiger partial charge in [-0.25, -0.2) is 8.78 Å². The highest BCUT2D eigenvalue weighted by atomic mass is 35.5. The van der Waals surface area contributed by atoms with Crippen LogP contribution in [0.1, 0.15) is 5.56 Å². The van der Waals surface area contributed by atoms with Crippen LogP contribution in [0.5, 0.6) is 0 Å². The van der Waals surface area contributed by atoms with Crippen LogP contribution in [0.4, 0.5) is 8.78 Å². The molecule has 0 bridgehead atoms. The second-order valence-electron chi connectivity index (χ2n) is 5.63. The molecule has 9 heteroatoms. The maximum Gasteiger partial charge on any atom is 0.300 e. The summed E-state index contributed by atoms with van der Waals surface area (Å²) in [6, 6.07) is 10.7. The number of fused-ring (bicyclic) bond motifs is 1. The smallest absolute Gasteiger partial charge is 0.279 e. The van der Waals surface area contributed by atoms with Crippen molar-refractivity contribution in [3.8, 4) is 5.69 Å². The molecule has 0 fully saturated rings. The highest BCUT2D eigenvalue weighted by Crippen LogP contribution is 2.25. The van der Waals surface area contributed by atoms with Gasteiger partial charge < -0.3 is 0 Å². The number of aromatic nitrogens is 4. The van der Waals surface area contributed by atoms with Gasteiger partial charge in [0.1, 0.15) is 0 Å². The Bertz CT molecular complexity index is 1210. The number of hydrogen-bond donors (Lipinski definition) is 0. The van der Waals surface area contributed by atoms with Gasteiger partial charge in [-0.1, -0.05) is 41.6 Å². The van der Waals surface area contributed by atoms with E-state index in [1.54, 1.807) is 16.7 Å². The first-order chi connectivity index (χ1) is 13.0. The average Bonchev–Trinajstić information content (AvgIpc) is 3.08. The average molecular weight is 405 g/mol. The molecule has 136 valence electrons. The molecule has 0 saturated heterocycles. The highest BCUT2D eigenvalue weighted by molar-refractivity contribution is 7.98. The molecule has 0 spiro atoms. The molecule has 0 atom stereocenters. The topological polar surface area (TPSA) is 52.2 Å². The molecule has 2 aromatic heterocycles. The maximum absolute atomic E-state index is 13.5. The predicted octanol–water partition coefficient (Wildman–Crippen LogP) is 4.10. The molecule has 0 aliphatic heterocycles. The third-order valence-corrected chi connectivity index (χ3v) is 5.30. The summed E-state index contributed by atoms with van der Waals surface area (Å²) in [6.07, 6.45) is 3.07. The minimum absolute atomic E-state index is 0.0869. The number of halogens is 3. The van der Waals surface area contributed by atoms with E-state index < -0.39 is 17.2 Å². The van der Waals surface area contributed by atoms with Gasteiger partial charge in [0.15, 0.2) is 16.8 Å². The van der Waals surface area contributed by atoms with Gasteiger partial charge in [0.05, 0.1) is 5.69 Å². The van der Waals surface area contributed by atoms with Gasteiger partial charge in [-0.3, -0.25) is 13.8 Å². The third kappa shape index (κ3) is 3.33. The zero-order valence-corrected chi connectivity index (χ0v) is 15.2. The van der Waals surface area contributed by atoms with Crippen LogP contribution in [-0.4, -0.2) is 19.2 Å². The summed E-state index contributed by atoms with van der Waals surface area (Å²) in [6.45, 7) is 0. The molecule has 0 amide bonds. The standard InChI is InChI=1S/C18H11ClF2N4OS/c19-13-4-2-1-3-11(13)10-27-18-23-22-16-17(26)24(7-8-25(16)18)12-5-6-14(20)15(21)9-12/h1-9H,10H2. The van der Waals surface area contributed by atoms with Crippen LogP contribution in [0.3, 0.4) is 0 Å². The van der Waals surface area contributed by atoms with Crippen LogP contribution in [-0.2, 0) is 5.75 Å². The summed E-state index contributed by atoms with van der Waals surface area (Å²) < 4.78 is 29.3. The van der Waals surface area contributed by atoms with Gasteiger partial charge in [0.25, 0.3) is 0 Å². The number of thioether (sulfide) groups is 1. The van der Waals surface area contributed by atoms with Gasteiger partial charge >= 0.3 is 5.56 Å². The lowest BCUT2D eigenvalue weighted by Gasteiger charge is -2.07. The van der Waals surface area contributed by atoms with Gasteiger partial charge in [0, 0.05) is 29.2 Å². The van der Waals surface area contributed by atoms with E-state index in [4.69, 9.17) is 11.6 Å². The second-order valence-corrected chi connectivity index (χ2v) is 6.98. The Morgan fingerprint density at radius 3 is 2.63 bits per heavy atom. The van der Waals surface area contributed by atoms with E-state index in [-0.39, 0.29) is 11.3 Å². The van der Waals surface area contributed by atoms with E-state index in [2.05, 4.69) is 10.2 Å². The first-order valence-corrected chi connectivity index (χ1v) is 9.19. The highest BCUT2D eigenvalue weighted by Gasteiger charge is 2.13. The normalized spacial score (nSPS) is 11.2. The Morgan fingerprint density at radius 1 is 1.04 bits per heavy atom. The van der Waals surface area contributed by atoms with Crippen molar-refractivity contribution in [2.24, 2.45) is 0 Å². The van der Waals surface area contributed by atoms with E-state index in [0.29, 0.717) is 15.9 Å². The largest absolute Gasteiger partial charge is 0.300 e. The summed E-state index contributed by atoms with van der Waals surface area (Å²) in [4.78, 5) is 12.7. The number of nitrogens with zero attached hydrogens (tertiary/aromatic N) is 4. The Labute approximate surface area is 161 Å². The van der Waals surface area contributed by atoms with Gasteiger partial charge in [-0.2, -0.15) is 0 Å². The van der Waals surface area contributed by atoms with Crippen molar-refractivity contribution in [2.75, 3.05) is 0 Å². The molecule has 5 nitrogen and oxygen atoms in total. The van der Waals surface area contributed by atoms with E-state index in [1.807, 2.05) is 18.2 Å². The van der Waals surface area contributed by atoms with Crippen LogP contribution >= 0.6 is 23.4 Å². The van der Waals surface area contributed by atoms with Crippen molar-refractivity contribution < 1.29 is 8.78 Å².